The SMILES string of the molecule is CSc1ccc(NC(=O)c2cc(N(C)CC3CC3)ncn2)cc1. The molecule has 1 aromatic heterocycles. The number of rotatable bonds is 6. The molecule has 1 heterocycles. The van der Waals surface area contributed by atoms with Gasteiger partial charge in [-0.05, 0) is 49.3 Å². The summed E-state index contributed by atoms with van der Waals surface area (Å²) in [6, 6.07) is 9.49. The highest BCUT2D eigenvalue weighted by Gasteiger charge is 2.23. The number of aromatic nitrogens is 2. The van der Waals surface area contributed by atoms with Gasteiger partial charge in [0.1, 0.15) is 17.8 Å². The summed E-state index contributed by atoms with van der Waals surface area (Å²) in [4.78, 5) is 24.0. The fourth-order valence-corrected chi connectivity index (χ4v) is 2.74. The number of anilines is 2. The molecule has 0 unspecified atom stereocenters. The van der Waals surface area contributed by atoms with Crippen molar-refractivity contribution in [1.29, 1.82) is 0 Å². The number of nitrogens with zero attached hydrogens (tertiary/aromatic N) is 3. The van der Waals surface area contributed by atoms with Crippen molar-refractivity contribution < 1.29 is 4.79 Å². The lowest BCUT2D eigenvalue weighted by atomic mass is 10.3. The summed E-state index contributed by atoms with van der Waals surface area (Å²) in [5, 5.41) is 2.87. The lowest BCUT2D eigenvalue weighted by Crippen LogP contribution is -2.22. The zero-order valence-corrected chi connectivity index (χ0v) is 14.1. The summed E-state index contributed by atoms with van der Waals surface area (Å²) in [6.45, 7) is 0.980. The van der Waals surface area contributed by atoms with Crippen LogP contribution >= 0.6 is 11.8 Å². The Labute approximate surface area is 140 Å². The van der Waals surface area contributed by atoms with Crippen LogP contribution in [0, 0.1) is 5.92 Å². The zero-order chi connectivity index (χ0) is 16.2. The van der Waals surface area contributed by atoms with Crippen molar-refractivity contribution in [3.63, 3.8) is 0 Å². The van der Waals surface area contributed by atoms with Crippen LogP contribution in [0.2, 0.25) is 0 Å². The molecule has 120 valence electrons. The van der Waals surface area contributed by atoms with Gasteiger partial charge in [-0.3, -0.25) is 4.79 Å². The van der Waals surface area contributed by atoms with E-state index in [0.717, 1.165) is 28.9 Å². The van der Waals surface area contributed by atoms with Gasteiger partial charge in [0, 0.05) is 30.2 Å². The molecule has 1 aromatic carbocycles. The molecule has 23 heavy (non-hydrogen) atoms. The Morgan fingerprint density at radius 2 is 2.04 bits per heavy atom. The van der Waals surface area contributed by atoms with Gasteiger partial charge in [-0.15, -0.1) is 11.8 Å². The molecule has 0 bridgehead atoms. The second kappa shape index (κ2) is 7.00. The van der Waals surface area contributed by atoms with Gasteiger partial charge < -0.3 is 10.2 Å². The maximum Gasteiger partial charge on any atom is 0.274 e. The van der Waals surface area contributed by atoms with Crippen LogP contribution in [0.1, 0.15) is 23.3 Å². The van der Waals surface area contributed by atoms with E-state index in [-0.39, 0.29) is 5.91 Å². The van der Waals surface area contributed by atoms with Gasteiger partial charge in [0.15, 0.2) is 0 Å². The lowest BCUT2D eigenvalue weighted by Gasteiger charge is -2.17. The van der Waals surface area contributed by atoms with E-state index in [9.17, 15) is 4.79 Å². The average molecular weight is 328 g/mol. The smallest absolute Gasteiger partial charge is 0.274 e. The van der Waals surface area contributed by atoms with Crippen LogP contribution in [0.25, 0.3) is 0 Å². The Morgan fingerprint density at radius 3 is 2.70 bits per heavy atom. The molecular formula is C17H20N4OS. The topological polar surface area (TPSA) is 58.1 Å². The van der Waals surface area contributed by atoms with E-state index in [1.54, 1.807) is 17.8 Å². The molecule has 3 rings (SSSR count). The Kier molecular flexibility index (Phi) is 4.81. The molecule has 1 aliphatic carbocycles. The van der Waals surface area contributed by atoms with Gasteiger partial charge in [0.25, 0.3) is 5.91 Å². The van der Waals surface area contributed by atoms with Gasteiger partial charge in [0.05, 0.1) is 0 Å². The molecule has 0 aliphatic heterocycles. The maximum absolute atomic E-state index is 12.4. The number of carbonyl (C=O) groups excluding carboxylic acids is 1. The highest BCUT2D eigenvalue weighted by Crippen LogP contribution is 2.30. The van der Waals surface area contributed by atoms with Crippen LogP contribution in [-0.4, -0.2) is 35.7 Å². The van der Waals surface area contributed by atoms with Gasteiger partial charge in [-0.25, -0.2) is 9.97 Å². The minimum atomic E-state index is -0.217. The Bertz CT molecular complexity index is 685. The number of carbonyl (C=O) groups is 1. The summed E-state index contributed by atoms with van der Waals surface area (Å²) < 4.78 is 0. The fraction of sp³-hybridized carbons (Fsp3) is 0.353. The monoisotopic (exact) mass is 328 g/mol. The van der Waals surface area contributed by atoms with Crippen LogP contribution in [0.5, 0.6) is 0 Å². The quantitative estimate of drug-likeness (QED) is 0.825. The summed E-state index contributed by atoms with van der Waals surface area (Å²) in [5.41, 5.74) is 1.14. The molecule has 0 atom stereocenters. The van der Waals surface area contributed by atoms with E-state index >= 15 is 0 Å². The summed E-state index contributed by atoms with van der Waals surface area (Å²) in [7, 11) is 2.00. The predicted molar refractivity (Wildman–Crippen MR) is 94.2 cm³/mol. The van der Waals surface area contributed by atoms with E-state index in [0.29, 0.717) is 5.69 Å². The van der Waals surface area contributed by atoms with Crippen molar-refractivity contribution in [3.05, 3.63) is 42.4 Å². The van der Waals surface area contributed by atoms with Gasteiger partial charge in [0.2, 0.25) is 0 Å². The molecule has 2 aromatic rings. The molecule has 0 spiro atoms. The third-order valence-electron chi connectivity index (χ3n) is 3.85. The molecular weight excluding hydrogens is 308 g/mol. The maximum atomic E-state index is 12.4. The van der Waals surface area contributed by atoms with Crippen molar-refractivity contribution in [2.75, 3.05) is 30.1 Å². The van der Waals surface area contributed by atoms with Crippen molar-refractivity contribution in [1.82, 2.24) is 9.97 Å². The third-order valence-corrected chi connectivity index (χ3v) is 4.60. The largest absolute Gasteiger partial charge is 0.359 e. The minimum Gasteiger partial charge on any atom is -0.359 e. The molecule has 1 fully saturated rings. The van der Waals surface area contributed by atoms with Crippen molar-refractivity contribution in [2.24, 2.45) is 5.92 Å². The predicted octanol–water partition coefficient (Wildman–Crippen LogP) is 3.30. The number of hydrogen-bond acceptors (Lipinski definition) is 5. The zero-order valence-electron chi connectivity index (χ0n) is 13.3. The first-order valence-electron chi connectivity index (χ1n) is 7.64. The van der Waals surface area contributed by atoms with Gasteiger partial charge >= 0.3 is 0 Å². The second-order valence-corrected chi connectivity index (χ2v) is 6.65. The molecule has 5 nitrogen and oxygen atoms in total. The number of nitrogens with one attached hydrogen (secondary N) is 1. The molecule has 1 N–H and O–H groups in total. The van der Waals surface area contributed by atoms with Crippen LogP contribution in [0.3, 0.4) is 0 Å². The minimum absolute atomic E-state index is 0.217. The number of benzene rings is 1. The highest BCUT2D eigenvalue weighted by molar-refractivity contribution is 7.98. The molecule has 0 radical (unpaired) electrons. The Hall–Kier alpha value is -2.08. The fourth-order valence-electron chi connectivity index (χ4n) is 2.33. The van der Waals surface area contributed by atoms with Crippen LogP contribution < -0.4 is 10.2 Å². The summed E-state index contributed by atoms with van der Waals surface area (Å²) >= 11 is 1.67. The molecule has 0 saturated heterocycles. The van der Waals surface area contributed by atoms with Crippen molar-refractivity contribution >= 4 is 29.2 Å². The first kappa shape index (κ1) is 15.8. The first-order valence-corrected chi connectivity index (χ1v) is 8.87. The average Bonchev–Trinajstić information content (AvgIpc) is 3.39. The van der Waals surface area contributed by atoms with E-state index in [2.05, 4.69) is 20.2 Å². The standard InChI is InChI=1S/C17H20N4OS/c1-21(10-12-3-4-12)16-9-15(18-11-19-16)17(22)20-13-5-7-14(23-2)8-6-13/h5-9,11-12H,3-4,10H2,1-2H3,(H,20,22). The third kappa shape index (κ3) is 4.22. The Balaban J connectivity index is 1.68. The lowest BCUT2D eigenvalue weighted by molar-refractivity contribution is 0.102. The number of thioether (sulfide) groups is 1. The van der Waals surface area contributed by atoms with Gasteiger partial charge in [-0.1, -0.05) is 0 Å². The molecule has 1 amide bonds. The van der Waals surface area contributed by atoms with Crippen molar-refractivity contribution in [2.45, 2.75) is 17.7 Å². The molecule has 1 saturated carbocycles. The second-order valence-electron chi connectivity index (χ2n) is 5.77. The van der Waals surface area contributed by atoms with Crippen molar-refractivity contribution in [3.8, 4) is 0 Å². The summed E-state index contributed by atoms with van der Waals surface area (Å²) in [5.74, 6) is 1.34. The van der Waals surface area contributed by atoms with Gasteiger partial charge in [-0.2, -0.15) is 0 Å². The molecule has 6 heteroatoms. The van der Waals surface area contributed by atoms with E-state index < -0.39 is 0 Å². The molecule has 1 aliphatic rings. The van der Waals surface area contributed by atoms with Crippen LogP contribution in [0.4, 0.5) is 11.5 Å². The highest BCUT2D eigenvalue weighted by atomic mass is 32.2. The van der Waals surface area contributed by atoms with E-state index in [1.807, 2.05) is 37.6 Å². The number of hydrogen-bond donors (Lipinski definition) is 1. The first-order chi connectivity index (χ1) is 11.2. The van der Waals surface area contributed by atoms with Crippen LogP contribution in [-0.2, 0) is 0 Å². The Morgan fingerprint density at radius 1 is 1.30 bits per heavy atom. The van der Waals surface area contributed by atoms with Crippen LogP contribution in [0.15, 0.2) is 41.6 Å². The normalized spacial score (nSPS) is 13.7. The number of amides is 1. The summed E-state index contributed by atoms with van der Waals surface area (Å²) in [6.07, 6.45) is 6.04. The van der Waals surface area contributed by atoms with E-state index in [4.69, 9.17) is 0 Å². The van der Waals surface area contributed by atoms with E-state index in [1.165, 1.54) is 19.2 Å².